The molecular weight excluding hydrogens is 479 g/mol. The molecule has 1 unspecified atom stereocenters. The summed E-state index contributed by atoms with van der Waals surface area (Å²) in [5, 5.41) is 0. The summed E-state index contributed by atoms with van der Waals surface area (Å²) in [7, 11) is 1.73. The van der Waals surface area contributed by atoms with Crippen molar-refractivity contribution in [3.63, 3.8) is 0 Å². The Labute approximate surface area is 222 Å². The third-order valence-corrected chi connectivity index (χ3v) is 7.55. The Hall–Kier alpha value is -4.09. The number of fused-ring (bicyclic) bond motifs is 1. The van der Waals surface area contributed by atoms with E-state index in [0.717, 1.165) is 28.9 Å². The van der Waals surface area contributed by atoms with E-state index in [1.165, 1.54) is 6.07 Å². The summed E-state index contributed by atoms with van der Waals surface area (Å²) in [6, 6.07) is 15.8. The standard InChI is InChI=1S/C30H31FN6O/c1-6-23-18-36(30(21-8-7-9-22(31)14-21)24-11-10-19(2)16-33-24)20(3)17-37(23)26-15-28(38)35(5)25-12-13-27(32-4)34-29(25)26/h7-16,20,23,30H,6,17-18H2,1-3,5H3/t20-,23+,30?/m1/s1. The number of aromatic nitrogens is 3. The fourth-order valence-electron chi connectivity index (χ4n) is 5.50. The van der Waals surface area contributed by atoms with E-state index in [1.807, 2.05) is 31.3 Å². The molecule has 3 aromatic heterocycles. The van der Waals surface area contributed by atoms with E-state index in [4.69, 9.17) is 11.6 Å². The van der Waals surface area contributed by atoms with Gasteiger partial charge in [-0.25, -0.2) is 4.39 Å². The SMILES string of the molecule is [C-]#[N+]c1ccc2c(n1)c(N1C[C@@H](C)N(C(c3cccc(F)c3)c3ccc(C)cn3)C[C@@H]1CC)cc(=O)n2C. The third-order valence-electron chi connectivity index (χ3n) is 7.55. The average molecular weight is 511 g/mol. The number of hydrogen-bond donors (Lipinski definition) is 0. The van der Waals surface area contributed by atoms with Crippen LogP contribution in [0.25, 0.3) is 15.9 Å². The number of benzene rings is 1. The summed E-state index contributed by atoms with van der Waals surface area (Å²) in [6.45, 7) is 15.1. The van der Waals surface area contributed by atoms with E-state index in [-0.39, 0.29) is 29.5 Å². The minimum Gasteiger partial charge on any atom is -0.362 e. The van der Waals surface area contributed by atoms with E-state index in [1.54, 1.807) is 41.9 Å². The lowest BCUT2D eigenvalue weighted by Gasteiger charge is -2.49. The van der Waals surface area contributed by atoms with Crippen molar-refractivity contribution in [1.82, 2.24) is 19.4 Å². The number of hydrogen-bond acceptors (Lipinski definition) is 5. The first-order chi connectivity index (χ1) is 18.3. The second-order valence-corrected chi connectivity index (χ2v) is 10.1. The Bertz CT molecular complexity index is 1570. The van der Waals surface area contributed by atoms with E-state index < -0.39 is 0 Å². The zero-order valence-electron chi connectivity index (χ0n) is 22.1. The molecule has 4 heterocycles. The fraction of sp³-hybridized carbons (Fsp3) is 0.333. The molecule has 0 spiro atoms. The van der Waals surface area contributed by atoms with Crippen LogP contribution in [0.15, 0.2) is 65.6 Å². The molecule has 7 nitrogen and oxygen atoms in total. The molecular formula is C30H31FN6O. The summed E-state index contributed by atoms with van der Waals surface area (Å²) in [5.41, 5.74) is 4.80. The fourth-order valence-corrected chi connectivity index (χ4v) is 5.50. The van der Waals surface area contributed by atoms with Gasteiger partial charge in [0.25, 0.3) is 11.4 Å². The molecule has 1 aromatic carbocycles. The normalized spacial score (nSPS) is 18.9. The summed E-state index contributed by atoms with van der Waals surface area (Å²) >= 11 is 0. The van der Waals surface area contributed by atoms with Gasteiger partial charge in [0.05, 0.1) is 22.9 Å². The molecule has 4 aromatic rings. The van der Waals surface area contributed by atoms with Crippen molar-refractivity contribution in [1.29, 1.82) is 0 Å². The molecule has 0 amide bonds. The van der Waals surface area contributed by atoms with Crippen LogP contribution in [0, 0.1) is 19.3 Å². The van der Waals surface area contributed by atoms with Crippen molar-refractivity contribution in [3.05, 3.63) is 105 Å². The minimum absolute atomic E-state index is 0.0531. The predicted octanol–water partition coefficient (Wildman–Crippen LogP) is 5.41. The maximum absolute atomic E-state index is 14.4. The minimum atomic E-state index is -0.272. The second kappa shape index (κ2) is 10.3. The summed E-state index contributed by atoms with van der Waals surface area (Å²) in [5.74, 6) is 0.0278. The van der Waals surface area contributed by atoms with Crippen LogP contribution in [0.4, 0.5) is 15.9 Å². The number of aryl methyl sites for hydroxylation is 2. The predicted molar refractivity (Wildman–Crippen MR) is 148 cm³/mol. The Morgan fingerprint density at radius 3 is 2.66 bits per heavy atom. The van der Waals surface area contributed by atoms with Crippen molar-refractivity contribution in [3.8, 4) is 0 Å². The Balaban J connectivity index is 1.59. The van der Waals surface area contributed by atoms with Gasteiger partial charge in [-0.1, -0.05) is 31.7 Å². The van der Waals surface area contributed by atoms with Crippen LogP contribution in [0.5, 0.6) is 0 Å². The van der Waals surface area contributed by atoms with Gasteiger partial charge >= 0.3 is 0 Å². The maximum Gasteiger partial charge on any atom is 0.270 e. The second-order valence-electron chi connectivity index (χ2n) is 10.1. The van der Waals surface area contributed by atoms with Crippen LogP contribution in [-0.2, 0) is 7.05 Å². The molecule has 5 rings (SSSR count). The van der Waals surface area contributed by atoms with E-state index in [0.29, 0.717) is 29.9 Å². The molecule has 1 saturated heterocycles. The van der Waals surface area contributed by atoms with Gasteiger partial charge in [0.15, 0.2) is 0 Å². The Kier molecular flexibility index (Phi) is 6.96. The molecule has 194 valence electrons. The molecule has 1 fully saturated rings. The van der Waals surface area contributed by atoms with Gasteiger partial charge in [-0.15, -0.1) is 4.98 Å². The molecule has 0 N–H and O–H groups in total. The van der Waals surface area contributed by atoms with Gasteiger partial charge in [-0.2, -0.15) is 0 Å². The number of nitrogens with zero attached hydrogens (tertiary/aromatic N) is 6. The van der Waals surface area contributed by atoms with Crippen LogP contribution in [0.3, 0.4) is 0 Å². The van der Waals surface area contributed by atoms with Gasteiger partial charge in [0.1, 0.15) is 5.82 Å². The molecule has 0 bridgehead atoms. The summed E-state index contributed by atoms with van der Waals surface area (Å²) < 4.78 is 15.9. The van der Waals surface area contributed by atoms with Gasteiger partial charge in [-0.3, -0.25) is 14.7 Å². The van der Waals surface area contributed by atoms with Crippen molar-refractivity contribution in [2.45, 2.75) is 45.3 Å². The molecule has 0 aliphatic carbocycles. The third kappa shape index (κ3) is 4.66. The largest absolute Gasteiger partial charge is 0.362 e. The molecule has 3 atom stereocenters. The lowest BCUT2D eigenvalue weighted by Crippen LogP contribution is -2.58. The van der Waals surface area contributed by atoms with Gasteiger partial charge in [0, 0.05) is 44.5 Å². The molecule has 1 aliphatic rings. The first kappa shape index (κ1) is 25.6. The topological polar surface area (TPSA) is 58.6 Å². The van der Waals surface area contributed by atoms with Crippen molar-refractivity contribution in [2.75, 3.05) is 18.0 Å². The molecule has 0 radical (unpaired) electrons. The molecule has 38 heavy (non-hydrogen) atoms. The molecule has 0 saturated carbocycles. The van der Waals surface area contributed by atoms with Crippen molar-refractivity contribution in [2.24, 2.45) is 7.05 Å². The van der Waals surface area contributed by atoms with Crippen molar-refractivity contribution < 1.29 is 4.39 Å². The maximum atomic E-state index is 14.4. The lowest BCUT2D eigenvalue weighted by molar-refractivity contribution is 0.122. The van der Waals surface area contributed by atoms with Crippen molar-refractivity contribution >= 4 is 22.5 Å². The van der Waals surface area contributed by atoms with Gasteiger partial charge in [-0.05, 0) is 61.7 Å². The van der Waals surface area contributed by atoms with E-state index in [2.05, 4.69) is 33.5 Å². The van der Waals surface area contributed by atoms with Crippen LogP contribution >= 0.6 is 0 Å². The van der Waals surface area contributed by atoms with Crippen LogP contribution in [-0.4, -0.2) is 44.6 Å². The first-order valence-electron chi connectivity index (χ1n) is 12.9. The lowest BCUT2D eigenvalue weighted by atomic mass is 9.95. The number of anilines is 1. The number of pyridine rings is 3. The molecule has 8 heteroatoms. The van der Waals surface area contributed by atoms with Gasteiger partial charge in [0.2, 0.25) is 5.52 Å². The summed E-state index contributed by atoms with van der Waals surface area (Å²) in [6.07, 6.45) is 2.69. The van der Waals surface area contributed by atoms with Crippen LogP contribution in [0.2, 0.25) is 0 Å². The number of halogens is 1. The van der Waals surface area contributed by atoms with E-state index in [9.17, 15) is 9.18 Å². The monoisotopic (exact) mass is 510 g/mol. The van der Waals surface area contributed by atoms with E-state index >= 15 is 0 Å². The zero-order valence-corrected chi connectivity index (χ0v) is 22.1. The molecule has 1 aliphatic heterocycles. The van der Waals surface area contributed by atoms with Crippen LogP contribution in [0.1, 0.15) is 43.1 Å². The Morgan fingerprint density at radius 1 is 1.16 bits per heavy atom. The van der Waals surface area contributed by atoms with Crippen LogP contribution < -0.4 is 10.5 Å². The summed E-state index contributed by atoms with van der Waals surface area (Å²) in [4.78, 5) is 30.4. The highest BCUT2D eigenvalue weighted by Crippen LogP contribution is 2.36. The quantitative estimate of drug-likeness (QED) is 0.336. The average Bonchev–Trinajstić information content (AvgIpc) is 2.92. The first-order valence-corrected chi connectivity index (χ1v) is 12.9. The number of piperazine rings is 1. The number of rotatable bonds is 5. The highest BCUT2D eigenvalue weighted by molar-refractivity contribution is 5.89. The Morgan fingerprint density at radius 2 is 1.97 bits per heavy atom. The smallest absolute Gasteiger partial charge is 0.270 e. The highest BCUT2D eigenvalue weighted by Gasteiger charge is 2.38. The van der Waals surface area contributed by atoms with Gasteiger partial charge < -0.3 is 14.3 Å². The highest BCUT2D eigenvalue weighted by atomic mass is 19.1. The zero-order chi connectivity index (χ0) is 27.0.